The highest BCUT2D eigenvalue weighted by Gasteiger charge is 2.13. The summed E-state index contributed by atoms with van der Waals surface area (Å²) in [5.41, 5.74) is 1.61. The highest BCUT2D eigenvalue weighted by molar-refractivity contribution is 9.10. The molecule has 6 heteroatoms. The van der Waals surface area contributed by atoms with Crippen molar-refractivity contribution in [3.8, 4) is 0 Å². The number of amides is 2. The summed E-state index contributed by atoms with van der Waals surface area (Å²) in [6.07, 6.45) is 0.784. The van der Waals surface area contributed by atoms with Crippen molar-refractivity contribution in [1.29, 1.82) is 0 Å². The average Bonchev–Trinajstić information content (AvgIpc) is 2.55. The summed E-state index contributed by atoms with van der Waals surface area (Å²) >= 11 is 3.18. The van der Waals surface area contributed by atoms with E-state index in [-0.39, 0.29) is 18.0 Å². The van der Waals surface area contributed by atoms with Crippen LogP contribution in [0, 0.1) is 5.82 Å². The number of rotatable bonds is 5. The van der Waals surface area contributed by atoms with Gasteiger partial charge in [-0.2, -0.15) is 0 Å². The SMILES string of the molecule is CCc1ccccc1NC(=O)CNC(=O)c1cc(Br)ccc1F. The summed E-state index contributed by atoms with van der Waals surface area (Å²) in [6.45, 7) is 1.76. The van der Waals surface area contributed by atoms with Gasteiger partial charge in [0, 0.05) is 10.2 Å². The normalized spacial score (nSPS) is 10.2. The highest BCUT2D eigenvalue weighted by Crippen LogP contribution is 2.16. The molecule has 2 aromatic rings. The van der Waals surface area contributed by atoms with E-state index in [0.717, 1.165) is 12.0 Å². The van der Waals surface area contributed by atoms with Crippen molar-refractivity contribution in [2.45, 2.75) is 13.3 Å². The van der Waals surface area contributed by atoms with Crippen molar-refractivity contribution >= 4 is 33.4 Å². The Morgan fingerprint density at radius 1 is 1.17 bits per heavy atom. The number of halogens is 2. The number of anilines is 1. The maximum absolute atomic E-state index is 13.6. The topological polar surface area (TPSA) is 58.2 Å². The molecule has 0 radical (unpaired) electrons. The van der Waals surface area contributed by atoms with E-state index in [4.69, 9.17) is 0 Å². The number of benzene rings is 2. The van der Waals surface area contributed by atoms with Crippen LogP contribution in [0.5, 0.6) is 0 Å². The second-order valence-electron chi connectivity index (χ2n) is 4.87. The predicted octanol–water partition coefficient (Wildman–Crippen LogP) is 3.52. The molecule has 0 aliphatic carbocycles. The summed E-state index contributed by atoms with van der Waals surface area (Å²) in [7, 11) is 0. The first-order valence-corrected chi connectivity index (χ1v) is 7.91. The molecule has 0 heterocycles. The fraction of sp³-hybridized carbons (Fsp3) is 0.176. The van der Waals surface area contributed by atoms with Crippen molar-refractivity contribution in [3.05, 3.63) is 63.9 Å². The molecule has 0 aliphatic rings. The Morgan fingerprint density at radius 3 is 2.65 bits per heavy atom. The van der Waals surface area contributed by atoms with E-state index in [1.807, 2.05) is 25.1 Å². The molecule has 2 aromatic carbocycles. The monoisotopic (exact) mass is 378 g/mol. The zero-order chi connectivity index (χ0) is 16.8. The Balaban J connectivity index is 1.96. The van der Waals surface area contributed by atoms with E-state index in [2.05, 4.69) is 26.6 Å². The van der Waals surface area contributed by atoms with Crippen LogP contribution in [0.1, 0.15) is 22.8 Å². The van der Waals surface area contributed by atoms with E-state index in [0.29, 0.717) is 10.2 Å². The van der Waals surface area contributed by atoms with Crippen LogP contribution in [0.3, 0.4) is 0 Å². The molecule has 0 bridgehead atoms. The van der Waals surface area contributed by atoms with Gasteiger partial charge < -0.3 is 10.6 Å². The molecular formula is C17H16BrFN2O2. The second kappa shape index (κ2) is 7.87. The van der Waals surface area contributed by atoms with Gasteiger partial charge in [-0.05, 0) is 36.2 Å². The van der Waals surface area contributed by atoms with Crippen LogP contribution in [-0.2, 0) is 11.2 Å². The molecule has 0 saturated carbocycles. The number of carbonyl (C=O) groups is 2. The summed E-state index contributed by atoms with van der Waals surface area (Å²) < 4.78 is 14.2. The van der Waals surface area contributed by atoms with Crippen LogP contribution < -0.4 is 10.6 Å². The number of aryl methyl sites for hydroxylation is 1. The van der Waals surface area contributed by atoms with Gasteiger partial charge in [-0.15, -0.1) is 0 Å². The van der Waals surface area contributed by atoms with Crippen LogP contribution in [0.4, 0.5) is 10.1 Å². The van der Waals surface area contributed by atoms with Crippen molar-refractivity contribution in [3.63, 3.8) is 0 Å². The Morgan fingerprint density at radius 2 is 1.91 bits per heavy atom. The number of hydrogen-bond donors (Lipinski definition) is 2. The molecule has 0 aromatic heterocycles. The smallest absolute Gasteiger partial charge is 0.254 e. The molecule has 2 rings (SSSR count). The molecule has 23 heavy (non-hydrogen) atoms. The van der Waals surface area contributed by atoms with E-state index >= 15 is 0 Å². The lowest BCUT2D eigenvalue weighted by molar-refractivity contribution is -0.115. The largest absolute Gasteiger partial charge is 0.343 e. The van der Waals surface area contributed by atoms with Gasteiger partial charge in [0.05, 0.1) is 12.1 Å². The van der Waals surface area contributed by atoms with E-state index in [1.165, 1.54) is 18.2 Å². The summed E-state index contributed by atoms with van der Waals surface area (Å²) in [5, 5.41) is 5.15. The van der Waals surface area contributed by atoms with Crippen LogP contribution in [0.2, 0.25) is 0 Å². The summed E-state index contributed by atoms with van der Waals surface area (Å²) in [4.78, 5) is 23.9. The number of carbonyl (C=O) groups excluding carboxylic acids is 2. The minimum atomic E-state index is -0.637. The third-order valence-corrected chi connectivity index (χ3v) is 3.75. The molecule has 0 aliphatic heterocycles. The van der Waals surface area contributed by atoms with E-state index in [9.17, 15) is 14.0 Å². The number of nitrogens with one attached hydrogen (secondary N) is 2. The molecule has 0 fully saturated rings. The third kappa shape index (κ3) is 4.63. The maximum atomic E-state index is 13.6. The molecule has 120 valence electrons. The van der Waals surface area contributed by atoms with Crippen LogP contribution in [0.15, 0.2) is 46.9 Å². The van der Waals surface area contributed by atoms with Gasteiger partial charge in [-0.25, -0.2) is 4.39 Å². The summed E-state index contributed by atoms with van der Waals surface area (Å²) in [6, 6.07) is 11.5. The molecule has 2 N–H and O–H groups in total. The van der Waals surface area contributed by atoms with Gasteiger partial charge in [-0.1, -0.05) is 41.1 Å². The molecule has 2 amide bonds. The Kier molecular flexibility index (Phi) is 5.87. The molecule has 0 saturated heterocycles. The van der Waals surface area contributed by atoms with Gasteiger partial charge >= 0.3 is 0 Å². The average molecular weight is 379 g/mol. The lowest BCUT2D eigenvalue weighted by atomic mass is 10.1. The first-order chi connectivity index (χ1) is 11.0. The maximum Gasteiger partial charge on any atom is 0.254 e. The van der Waals surface area contributed by atoms with Crippen molar-refractivity contribution < 1.29 is 14.0 Å². The van der Waals surface area contributed by atoms with Crippen molar-refractivity contribution in [2.75, 3.05) is 11.9 Å². The van der Waals surface area contributed by atoms with Gasteiger partial charge in [-0.3, -0.25) is 9.59 Å². The first-order valence-electron chi connectivity index (χ1n) is 7.12. The zero-order valence-electron chi connectivity index (χ0n) is 12.5. The second-order valence-corrected chi connectivity index (χ2v) is 5.78. The molecule has 0 unspecified atom stereocenters. The molecule has 0 atom stereocenters. The lowest BCUT2D eigenvalue weighted by Gasteiger charge is -2.10. The third-order valence-electron chi connectivity index (χ3n) is 3.25. The number of para-hydroxylation sites is 1. The van der Waals surface area contributed by atoms with Gasteiger partial charge in [0.1, 0.15) is 5.82 Å². The highest BCUT2D eigenvalue weighted by atomic mass is 79.9. The van der Waals surface area contributed by atoms with E-state index in [1.54, 1.807) is 6.07 Å². The van der Waals surface area contributed by atoms with Gasteiger partial charge in [0.2, 0.25) is 5.91 Å². The standard InChI is InChI=1S/C17H16BrFN2O2/c1-2-11-5-3-4-6-15(11)21-16(22)10-20-17(23)13-9-12(18)7-8-14(13)19/h3-9H,2,10H2,1H3,(H,20,23)(H,21,22). The predicted molar refractivity (Wildman–Crippen MR) is 90.9 cm³/mol. The van der Waals surface area contributed by atoms with Crippen LogP contribution >= 0.6 is 15.9 Å². The Bertz CT molecular complexity index is 734. The minimum absolute atomic E-state index is 0.110. The number of hydrogen-bond acceptors (Lipinski definition) is 2. The van der Waals surface area contributed by atoms with Gasteiger partial charge in [0.25, 0.3) is 5.91 Å². The quantitative estimate of drug-likeness (QED) is 0.835. The van der Waals surface area contributed by atoms with Gasteiger partial charge in [0.15, 0.2) is 0 Å². The fourth-order valence-corrected chi connectivity index (χ4v) is 2.43. The molecule has 0 spiro atoms. The lowest BCUT2D eigenvalue weighted by Crippen LogP contribution is -2.33. The zero-order valence-corrected chi connectivity index (χ0v) is 14.1. The van der Waals surface area contributed by atoms with Crippen molar-refractivity contribution in [2.24, 2.45) is 0 Å². The van der Waals surface area contributed by atoms with Crippen molar-refractivity contribution in [1.82, 2.24) is 5.32 Å². The first kappa shape index (κ1) is 17.1. The minimum Gasteiger partial charge on any atom is -0.343 e. The van der Waals surface area contributed by atoms with Crippen LogP contribution in [-0.4, -0.2) is 18.4 Å². The molecular weight excluding hydrogens is 363 g/mol. The molecule has 4 nitrogen and oxygen atoms in total. The fourth-order valence-electron chi connectivity index (χ4n) is 2.07. The Labute approximate surface area is 142 Å². The summed E-state index contributed by atoms with van der Waals surface area (Å²) in [5.74, 6) is -1.64. The Hall–Kier alpha value is -2.21. The van der Waals surface area contributed by atoms with Crippen LogP contribution in [0.25, 0.3) is 0 Å². The van der Waals surface area contributed by atoms with E-state index < -0.39 is 11.7 Å².